The summed E-state index contributed by atoms with van der Waals surface area (Å²) in [6, 6.07) is 0. The predicted octanol–water partition coefficient (Wildman–Crippen LogP) is 3.45. The molecule has 1 amide bonds. The maximum absolute atomic E-state index is 11.2. The fourth-order valence-electron chi connectivity index (χ4n) is 1.16. The van der Waals surface area contributed by atoms with Crippen LogP contribution in [0.3, 0.4) is 0 Å². The van der Waals surface area contributed by atoms with Crippen molar-refractivity contribution in [2.75, 3.05) is 6.54 Å². The third-order valence-corrected chi connectivity index (χ3v) is 1.98. The van der Waals surface area contributed by atoms with Gasteiger partial charge in [-0.3, -0.25) is 9.59 Å². The van der Waals surface area contributed by atoms with E-state index in [0.717, 1.165) is 0 Å². The van der Waals surface area contributed by atoms with Crippen LogP contribution < -0.4 is 5.32 Å². The number of ketones is 2. The van der Waals surface area contributed by atoms with Gasteiger partial charge in [0.15, 0.2) is 5.78 Å². The summed E-state index contributed by atoms with van der Waals surface area (Å²) in [7, 11) is 0. The molecule has 0 aromatic heterocycles. The molecule has 0 aromatic carbocycles. The zero-order valence-corrected chi connectivity index (χ0v) is 13.9. The van der Waals surface area contributed by atoms with E-state index >= 15 is 0 Å². The van der Waals surface area contributed by atoms with Gasteiger partial charge in [0, 0.05) is 25.8 Å². The third-order valence-electron chi connectivity index (χ3n) is 1.98. The molecule has 0 aliphatic heterocycles. The van der Waals surface area contributed by atoms with Gasteiger partial charge in [-0.2, -0.15) is 0 Å². The summed E-state index contributed by atoms with van der Waals surface area (Å²) in [5.74, 6) is -0.0553. The first-order valence-corrected chi connectivity index (χ1v) is 7.48. The van der Waals surface area contributed by atoms with Gasteiger partial charge in [-0.15, -0.1) is 0 Å². The molecule has 0 saturated carbocycles. The van der Waals surface area contributed by atoms with E-state index < -0.39 is 0 Å². The van der Waals surface area contributed by atoms with Crippen LogP contribution in [0.15, 0.2) is 12.2 Å². The van der Waals surface area contributed by atoms with Gasteiger partial charge in [0.25, 0.3) is 0 Å². The second-order valence-corrected chi connectivity index (χ2v) is 3.62. The highest BCUT2D eigenvalue weighted by Gasteiger charge is 2.03. The van der Waals surface area contributed by atoms with Crippen LogP contribution in [0.2, 0.25) is 0 Å². The highest BCUT2D eigenvalue weighted by atomic mass is 16.2. The van der Waals surface area contributed by atoms with Gasteiger partial charge in [0.2, 0.25) is 5.91 Å². The van der Waals surface area contributed by atoms with Crippen molar-refractivity contribution in [2.24, 2.45) is 0 Å². The van der Waals surface area contributed by atoms with Crippen molar-refractivity contribution in [3.8, 4) is 0 Å². The predicted molar refractivity (Wildman–Crippen MR) is 84.7 cm³/mol. The second kappa shape index (κ2) is 19.9. The molecule has 0 bridgehead atoms. The van der Waals surface area contributed by atoms with E-state index in [1.54, 1.807) is 13.0 Å². The number of carbonyl (C=O) groups excluding carboxylic acids is 3. The highest BCUT2D eigenvalue weighted by molar-refractivity contribution is 5.92. The Bertz CT molecular complexity index is 283. The van der Waals surface area contributed by atoms with Gasteiger partial charge < -0.3 is 10.1 Å². The highest BCUT2D eigenvalue weighted by Crippen LogP contribution is 1.94. The summed E-state index contributed by atoms with van der Waals surface area (Å²) in [5.41, 5.74) is 0. The molecule has 0 spiro atoms. The lowest BCUT2D eigenvalue weighted by molar-refractivity contribution is -0.124. The number of rotatable bonds is 8. The van der Waals surface area contributed by atoms with E-state index in [1.165, 1.54) is 13.0 Å². The minimum absolute atomic E-state index is 0.0404. The molecule has 0 fully saturated rings. The van der Waals surface area contributed by atoms with Crippen LogP contribution in [0.4, 0.5) is 0 Å². The third kappa shape index (κ3) is 21.8. The van der Waals surface area contributed by atoms with Crippen LogP contribution in [-0.2, 0) is 14.4 Å². The number of nitrogens with one attached hydrogen (secondary N) is 1. The second-order valence-electron chi connectivity index (χ2n) is 3.62. The minimum Gasteiger partial charge on any atom is -0.356 e. The zero-order valence-electron chi connectivity index (χ0n) is 13.9. The Morgan fingerprint density at radius 3 is 1.95 bits per heavy atom. The topological polar surface area (TPSA) is 63.2 Å². The van der Waals surface area contributed by atoms with Gasteiger partial charge >= 0.3 is 0 Å². The lowest BCUT2D eigenvalue weighted by atomic mass is 10.2. The van der Waals surface area contributed by atoms with Crippen molar-refractivity contribution in [3.63, 3.8) is 0 Å². The Morgan fingerprint density at radius 1 is 0.950 bits per heavy atom. The van der Waals surface area contributed by atoms with Crippen LogP contribution in [0, 0.1) is 0 Å². The Balaban J connectivity index is -0.000000656. The molecule has 0 radical (unpaired) electrons. The molecule has 0 heterocycles. The van der Waals surface area contributed by atoms with Crippen molar-refractivity contribution in [3.05, 3.63) is 12.2 Å². The summed E-state index contributed by atoms with van der Waals surface area (Å²) in [6.07, 6.45) is 4.71. The molecule has 0 aliphatic rings. The Morgan fingerprint density at radius 2 is 1.50 bits per heavy atom. The van der Waals surface area contributed by atoms with E-state index in [4.69, 9.17) is 0 Å². The largest absolute Gasteiger partial charge is 0.356 e. The van der Waals surface area contributed by atoms with Gasteiger partial charge in [-0.05, 0) is 26.3 Å². The lowest BCUT2D eigenvalue weighted by Gasteiger charge is -2.02. The molecular weight excluding hydrogens is 254 g/mol. The number of amides is 1. The smallest absolute Gasteiger partial charge is 0.220 e. The normalized spacial score (nSPS) is 8.90. The maximum atomic E-state index is 11.2. The van der Waals surface area contributed by atoms with Crippen molar-refractivity contribution < 1.29 is 14.4 Å². The van der Waals surface area contributed by atoms with Crippen LogP contribution in [0.25, 0.3) is 0 Å². The molecule has 0 atom stereocenters. The number of carbonyl (C=O) groups is 3. The first-order valence-electron chi connectivity index (χ1n) is 7.48. The molecule has 0 saturated heterocycles. The standard InChI is InChI=1S/C12H19NO3.2C2H6/c1-3-5-11(15)7-8-12(16)13-9-4-6-10(2)14;2*1-2/h3,5H,4,6-9H2,1-2H3,(H,13,16);2*1-2H3/b5-3+;;. The van der Waals surface area contributed by atoms with Crippen LogP contribution in [-0.4, -0.2) is 24.0 Å². The summed E-state index contributed by atoms with van der Waals surface area (Å²) in [6.45, 7) is 11.8. The van der Waals surface area contributed by atoms with Crippen LogP contribution >= 0.6 is 0 Å². The molecule has 20 heavy (non-hydrogen) atoms. The van der Waals surface area contributed by atoms with Crippen molar-refractivity contribution in [2.45, 2.75) is 67.2 Å². The first kappa shape index (κ1) is 23.6. The molecule has 0 aromatic rings. The molecule has 4 nitrogen and oxygen atoms in total. The fraction of sp³-hybridized carbons (Fsp3) is 0.688. The Hall–Kier alpha value is -1.45. The lowest BCUT2D eigenvalue weighted by Crippen LogP contribution is -2.25. The van der Waals surface area contributed by atoms with Gasteiger partial charge in [0.05, 0.1) is 0 Å². The number of hydrogen-bond acceptors (Lipinski definition) is 3. The number of hydrogen-bond donors (Lipinski definition) is 1. The van der Waals surface area contributed by atoms with Gasteiger partial charge in [-0.1, -0.05) is 33.8 Å². The van der Waals surface area contributed by atoms with E-state index in [1.807, 2.05) is 27.7 Å². The van der Waals surface area contributed by atoms with Gasteiger partial charge in [0.1, 0.15) is 5.78 Å². The summed E-state index contributed by atoms with van der Waals surface area (Å²) < 4.78 is 0. The summed E-state index contributed by atoms with van der Waals surface area (Å²) in [4.78, 5) is 32.9. The summed E-state index contributed by atoms with van der Waals surface area (Å²) in [5, 5.41) is 2.67. The summed E-state index contributed by atoms with van der Waals surface area (Å²) >= 11 is 0. The first-order chi connectivity index (χ1) is 9.56. The number of Topliss-reactive ketones (excluding diaryl/α,β-unsaturated/α-hetero) is 1. The van der Waals surface area contributed by atoms with E-state index in [-0.39, 0.29) is 30.3 Å². The Labute approximate surface area is 124 Å². The monoisotopic (exact) mass is 285 g/mol. The van der Waals surface area contributed by atoms with E-state index in [0.29, 0.717) is 19.4 Å². The SMILES string of the molecule is C/C=C/C(=O)CCC(=O)NCCCC(C)=O.CC.CC. The van der Waals surface area contributed by atoms with E-state index in [9.17, 15) is 14.4 Å². The van der Waals surface area contributed by atoms with Gasteiger partial charge in [-0.25, -0.2) is 0 Å². The van der Waals surface area contributed by atoms with Crippen molar-refractivity contribution in [1.82, 2.24) is 5.32 Å². The molecule has 1 N–H and O–H groups in total. The number of allylic oxidation sites excluding steroid dienone is 2. The molecule has 118 valence electrons. The average Bonchev–Trinajstić information content (AvgIpc) is 2.46. The van der Waals surface area contributed by atoms with Crippen LogP contribution in [0.1, 0.15) is 67.2 Å². The minimum atomic E-state index is -0.138. The fourth-order valence-corrected chi connectivity index (χ4v) is 1.16. The molecule has 4 heteroatoms. The van der Waals surface area contributed by atoms with Crippen molar-refractivity contribution >= 4 is 17.5 Å². The molecule has 0 rings (SSSR count). The Kier molecular flexibility index (Phi) is 23.5. The molecule has 0 unspecified atom stereocenters. The maximum Gasteiger partial charge on any atom is 0.220 e. The van der Waals surface area contributed by atoms with Crippen LogP contribution in [0.5, 0.6) is 0 Å². The molecular formula is C16H31NO3. The molecule has 0 aliphatic carbocycles. The van der Waals surface area contributed by atoms with E-state index in [2.05, 4.69) is 5.32 Å². The zero-order chi connectivity index (χ0) is 16.4. The average molecular weight is 285 g/mol. The van der Waals surface area contributed by atoms with Crippen molar-refractivity contribution in [1.29, 1.82) is 0 Å². The quantitative estimate of drug-likeness (QED) is 0.549.